The number of aliphatic hydroxyl groups is 1. The number of halogens is 1. The average molecular weight is 173 g/mol. The number of carbonyl (C=O) groups is 1. The van der Waals surface area contributed by atoms with Crippen LogP contribution in [-0.4, -0.2) is 29.8 Å². The fraction of sp³-hybridized carbons (Fsp3) is 0.875. The van der Waals surface area contributed by atoms with Gasteiger partial charge in [-0.05, 0) is 18.8 Å². The van der Waals surface area contributed by atoms with Crippen molar-refractivity contribution in [2.45, 2.75) is 25.1 Å². The second kappa shape index (κ2) is 2.69. The van der Waals surface area contributed by atoms with Crippen molar-refractivity contribution in [2.24, 2.45) is 11.8 Å². The number of hydrogen-bond donors (Lipinski definition) is 2. The van der Waals surface area contributed by atoms with Crippen molar-refractivity contribution in [3.8, 4) is 0 Å². The van der Waals surface area contributed by atoms with Crippen molar-refractivity contribution in [3.63, 3.8) is 0 Å². The molecule has 0 spiro atoms. The standard InChI is InChI=1S/C8H12FNO2/c9-7-6(4-1-2-4)5(3-11)10-8(7)12/h4-7,11H,1-3H2,(H,10,12)/t5-,6?,7+/m1/s1. The Kier molecular flexibility index (Phi) is 1.79. The third-order valence-corrected chi connectivity index (χ3v) is 2.74. The van der Waals surface area contributed by atoms with Gasteiger partial charge in [0, 0.05) is 5.92 Å². The number of alkyl halides is 1. The summed E-state index contributed by atoms with van der Waals surface area (Å²) in [5.74, 6) is -0.510. The first-order valence-corrected chi connectivity index (χ1v) is 4.29. The molecule has 68 valence electrons. The number of nitrogens with one attached hydrogen (secondary N) is 1. The van der Waals surface area contributed by atoms with Crippen molar-refractivity contribution in [3.05, 3.63) is 0 Å². The normalized spacial score (nSPS) is 41.5. The van der Waals surface area contributed by atoms with Gasteiger partial charge in [0.1, 0.15) is 0 Å². The molecule has 0 bridgehead atoms. The highest BCUT2D eigenvalue weighted by atomic mass is 19.1. The maximum Gasteiger partial charge on any atom is 0.255 e. The molecule has 2 fully saturated rings. The smallest absolute Gasteiger partial charge is 0.255 e. The molecule has 1 amide bonds. The van der Waals surface area contributed by atoms with Crippen molar-refractivity contribution < 1.29 is 14.3 Å². The first kappa shape index (κ1) is 7.98. The van der Waals surface area contributed by atoms with Gasteiger partial charge < -0.3 is 10.4 Å². The summed E-state index contributed by atoms with van der Waals surface area (Å²) < 4.78 is 13.2. The Labute approximate surface area is 70.0 Å². The Morgan fingerprint density at radius 3 is 2.75 bits per heavy atom. The largest absolute Gasteiger partial charge is 0.394 e. The van der Waals surface area contributed by atoms with Gasteiger partial charge in [-0.2, -0.15) is 0 Å². The van der Waals surface area contributed by atoms with Crippen LogP contribution in [0.4, 0.5) is 4.39 Å². The zero-order valence-electron chi connectivity index (χ0n) is 6.66. The molecule has 0 radical (unpaired) electrons. The topological polar surface area (TPSA) is 49.3 Å². The maximum atomic E-state index is 13.2. The van der Waals surface area contributed by atoms with Crippen LogP contribution in [0.15, 0.2) is 0 Å². The second-order valence-corrected chi connectivity index (χ2v) is 3.61. The summed E-state index contributed by atoms with van der Waals surface area (Å²) in [5, 5.41) is 11.3. The van der Waals surface area contributed by atoms with Crippen LogP contribution in [0.2, 0.25) is 0 Å². The van der Waals surface area contributed by atoms with Crippen molar-refractivity contribution in [2.75, 3.05) is 6.61 Å². The summed E-state index contributed by atoms with van der Waals surface area (Å²) in [6.45, 7) is -0.146. The van der Waals surface area contributed by atoms with E-state index in [1.54, 1.807) is 0 Å². The van der Waals surface area contributed by atoms with Crippen LogP contribution >= 0.6 is 0 Å². The Morgan fingerprint density at radius 1 is 1.58 bits per heavy atom. The highest BCUT2D eigenvalue weighted by Gasteiger charge is 2.49. The fourth-order valence-corrected chi connectivity index (χ4v) is 1.95. The van der Waals surface area contributed by atoms with Crippen LogP contribution in [0.25, 0.3) is 0 Å². The van der Waals surface area contributed by atoms with Crippen molar-refractivity contribution in [1.82, 2.24) is 5.32 Å². The molecule has 0 aromatic rings. The molecule has 1 aliphatic carbocycles. The summed E-state index contributed by atoms with van der Waals surface area (Å²) in [5.41, 5.74) is 0. The van der Waals surface area contributed by atoms with Gasteiger partial charge in [-0.15, -0.1) is 0 Å². The molecule has 3 atom stereocenters. The van der Waals surface area contributed by atoms with Crippen molar-refractivity contribution >= 4 is 5.91 Å². The van der Waals surface area contributed by atoms with E-state index in [0.717, 1.165) is 12.8 Å². The van der Waals surface area contributed by atoms with E-state index in [-0.39, 0.29) is 18.6 Å². The van der Waals surface area contributed by atoms with E-state index in [1.165, 1.54) is 0 Å². The Morgan fingerprint density at radius 2 is 2.25 bits per heavy atom. The Bertz CT molecular complexity index is 205. The van der Waals surface area contributed by atoms with Gasteiger partial charge in [0.15, 0.2) is 6.17 Å². The van der Waals surface area contributed by atoms with E-state index >= 15 is 0 Å². The van der Waals surface area contributed by atoms with Crippen LogP contribution in [0, 0.1) is 11.8 Å². The molecule has 1 aliphatic heterocycles. The van der Waals surface area contributed by atoms with Gasteiger partial charge in [0.05, 0.1) is 12.6 Å². The predicted octanol–water partition coefficient (Wildman–Crippen LogP) is -0.159. The minimum atomic E-state index is -1.39. The first-order valence-electron chi connectivity index (χ1n) is 4.29. The molecule has 3 nitrogen and oxygen atoms in total. The molecule has 1 saturated heterocycles. The molecule has 1 saturated carbocycles. The highest BCUT2D eigenvalue weighted by molar-refractivity contribution is 5.84. The van der Waals surface area contributed by atoms with Crippen LogP contribution in [0.3, 0.4) is 0 Å². The van der Waals surface area contributed by atoms with Crippen LogP contribution in [0.1, 0.15) is 12.8 Å². The summed E-state index contributed by atoms with van der Waals surface area (Å²) in [7, 11) is 0. The van der Waals surface area contributed by atoms with E-state index in [4.69, 9.17) is 5.11 Å². The lowest BCUT2D eigenvalue weighted by atomic mass is 9.94. The fourth-order valence-electron chi connectivity index (χ4n) is 1.95. The highest BCUT2D eigenvalue weighted by Crippen LogP contribution is 2.43. The number of rotatable bonds is 2. The molecular formula is C8H12FNO2. The number of hydrogen-bond acceptors (Lipinski definition) is 2. The minimum absolute atomic E-state index is 0.146. The molecule has 2 rings (SSSR count). The molecule has 4 heteroatoms. The summed E-state index contributed by atoms with van der Waals surface area (Å²) in [6.07, 6.45) is 0.599. The van der Waals surface area contributed by atoms with Gasteiger partial charge in [0.2, 0.25) is 0 Å². The zero-order chi connectivity index (χ0) is 8.72. The molecule has 2 N–H and O–H groups in total. The lowest BCUT2D eigenvalue weighted by Crippen LogP contribution is -2.33. The number of aliphatic hydroxyl groups excluding tert-OH is 1. The lowest BCUT2D eigenvalue weighted by Gasteiger charge is -2.15. The minimum Gasteiger partial charge on any atom is -0.394 e. The Hall–Kier alpha value is -0.640. The first-order chi connectivity index (χ1) is 5.74. The third-order valence-electron chi connectivity index (χ3n) is 2.74. The molecule has 12 heavy (non-hydrogen) atoms. The predicted molar refractivity (Wildman–Crippen MR) is 40.1 cm³/mol. The SMILES string of the molecule is O=C1N[C@H](CO)C(C2CC2)[C@@H]1F. The third kappa shape index (κ3) is 1.10. The maximum absolute atomic E-state index is 13.2. The molecule has 1 heterocycles. The molecule has 0 aromatic heterocycles. The van der Waals surface area contributed by atoms with Crippen LogP contribution < -0.4 is 5.32 Å². The number of amides is 1. The average Bonchev–Trinajstić information content (AvgIpc) is 2.82. The van der Waals surface area contributed by atoms with Gasteiger partial charge >= 0.3 is 0 Å². The van der Waals surface area contributed by atoms with Crippen LogP contribution in [0.5, 0.6) is 0 Å². The zero-order valence-corrected chi connectivity index (χ0v) is 6.66. The quantitative estimate of drug-likeness (QED) is 0.609. The van der Waals surface area contributed by atoms with Gasteiger partial charge in [-0.25, -0.2) is 4.39 Å². The van der Waals surface area contributed by atoms with Gasteiger partial charge in [-0.3, -0.25) is 4.79 Å². The van der Waals surface area contributed by atoms with E-state index in [2.05, 4.69) is 5.32 Å². The van der Waals surface area contributed by atoms with E-state index in [0.29, 0.717) is 5.92 Å². The molecule has 2 aliphatic rings. The molecular weight excluding hydrogens is 161 g/mol. The lowest BCUT2D eigenvalue weighted by molar-refractivity contribution is -0.124. The summed E-state index contributed by atoms with van der Waals surface area (Å²) in [4.78, 5) is 10.9. The van der Waals surface area contributed by atoms with Gasteiger partial charge in [0.25, 0.3) is 5.91 Å². The molecule has 1 unspecified atom stereocenters. The van der Waals surface area contributed by atoms with E-state index in [9.17, 15) is 9.18 Å². The number of carbonyl (C=O) groups excluding carboxylic acids is 1. The van der Waals surface area contributed by atoms with Crippen LogP contribution in [-0.2, 0) is 4.79 Å². The summed E-state index contributed by atoms with van der Waals surface area (Å²) >= 11 is 0. The van der Waals surface area contributed by atoms with Crippen molar-refractivity contribution in [1.29, 1.82) is 0 Å². The monoisotopic (exact) mass is 173 g/mol. The Balaban J connectivity index is 2.10. The van der Waals surface area contributed by atoms with Gasteiger partial charge in [-0.1, -0.05) is 0 Å². The second-order valence-electron chi connectivity index (χ2n) is 3.61. The van der Waals surface area contributed by atoms with E-state index in [1.807, 2.05) is 0 Å². The summed E-state index contributed by atoms with van der Waals surface area (Å²) in [6, 6.07) is -0.347. The molecule has 0 aromatic carbocycles. The van der Waals surface area contributed by atoms with E-state index < -0.39 is 12.1 Å².